The molecule has 0 spiro atoms. The molecule has 0 radical (unpaired) electrons. The van der Waals surface area contributed by atoms with E-state index in [1.54, 1.807) is 24.3 Å². The summed E-state index contributed by atoms with van der Waals surface area (Å²) in [6.07, 6.45) is 0.589. The Morgan fingerprint density at radius 2 is 1.85 bits per heavy atom. The third kappa shape index (κ3) is 4.26. The number of imide groups is 1. The van der Waals surface area contributed by atoms with Crippen LogP contribution in [0.2, 0.25) is 0 Å². The number of likely N-dealkylation sites (tertiary alicyclic amines) is 1. The number of hydrogen-bond donors (Lipinski definition) is 4. The van der Waals surface area contributed by atoms with Gasteiger partial charge in [-0.25, -0.2) is 4.79 Å². The predicted molar refractivity (Wildman–Crippen MR) is 127 cm³/mol. The van der Waals surface area contributed by atoms with Crippen LogP contribution in [0.5, 0.6) is 0 Å². The Morgan fingerprint density at radius 1 is 1.18 bits per heavy atom. The molecule has 0 aromatic heterocycles. The number of amidine groups is 1. The second-order valence-corrected chi connectivity index (χ2v) is 9.40. The monoisotopic (exact) mass is 482 g/mol. The summed E-state index contributed by atoms with van der Waals surface area (Å²) in [6, 6.07) is 15.3. The van der Waals surface area contributed by atoms with Crippen LogP contribution in [0.15, 0.2) is 54.6 Å². The van der Waals surface area contributed by atoms with Crippen molar-refractivity contribution < 1.29 is 24.2 Å². The summed E-state index contributed by atoms with van der Waals surface area (Å²) in [5.74, 6) is -2.21. The van der Waals surface area contributed by atoms with E-state index in [0.29, 0.717) is 16.9 Å². The summed E-state index contributed by atoms with van der Waals surface area (Å²) in [4.78, 5) is 40.2. The van der Waals surface area contributed by atoms with E-state index in [4.69, 9.17) is 15.9 Å². The molecule has 4 atom stereocenters. The third-order valence-corrected chi connectivity index (χ3v) is 7.03. The topological polar surface area (TPSA) is 146 Å². The molecule has 0 aliphatic carbocycles. The number of nitrogens with zero attached hydrogens (tertiary/aromatic N) is 1. The Morgan fingerprint density at radius 3 is 2.44 bits per heavy atom. The Balaban J connectivity index is 1.76. The van der Waals surface area contributed by atoms with Crippen molar-refractivity contribution in [3.63, 3.8) is 0 Å². The summed E-state index contributed by atoms with van der Waals surface area (Å²) in [5.41, 5.74) is 6.03. The number of benzene rings is 2. The quantitative estimate of drug-likeness (QED) is 0.194. The highest BCUT2D eigenvalue weighted by molar-refractivity contribution is 7.98. The Bertz CT molecular complexity index is 1110. The van der Waals surface area contributed by atoms with E-state index in [1.807, 2.05) is 36.6 Å². The number of ether oxygens (including phenoxy) is 1. The average Bonchev–Trinajstić information content (AvgIpc) is 3.27. The number of nitrogen functional groups attached to an aromatic ring is 1. The number of amides is 2. The third-order valence-electron chi connectivity index (χ3n) is 6.42. The Hall–Kier alpha value is -3.37. The fourth-order valence-electron chi connectivity index (χ4n) is 4.88. The van der Waals surface area contributed by atoms with Gasteiger partial charge in [-0.1, -0.05) is 54.6 Å². The zero-order chi connectivity index (χ0) is 24.5. The summed E-state index contributed by atoms with van der Waals surface area (Å²) in [6.45, 7) is 0.104. The molecule has 4 unspecified atom stereocenters. The zero-order valence-electron chi connectivity index (χ0n) is 18.6. The first kappa shape index (κ1) is 23.8. The van der Waals surface area contributed by atoms with Crippen LogP contribution in [-0.4, -0.2) is 51.5 Å². The molecule has 4 rings (SSSR count). The van der Waals surface area contributed by atoms with Gasteiger partial charge >= 0.3 is 6.16 Å². The van der Waals surface area contributed by atoms with E-state index in [1.165, 1.54) is 16.7 Å². The van der Waals surface area contributed by atoms with Crippen molar-refractivity contribution in [3.8, 4) is 0 Å². The second-order valence-electron chi connectivity index (χ2n) is 8.41. The Labute approximate surface area is 201 Å². The first-order chi connectivity index (χ1) is 16.3. The molecule has 0 bridgehead atoms. The van der Waals surface area contributed by atoms with E-state index in [-0.39, 0.29) is 24.7 Å². The van der Waals surface area contributed by atoms with Gasteiger partial charge < -0.3 is 15.6 Å². The normalized spacial score (nSPS) is 25.9. The van der Waals surface area contributed by atoms with Gasteiger partial charge in [-0.2, -0.15) is 11.8 Å². The fraction of sp³-hybridized carbons (Fsp3) is 0.333. The largest absolute Gasteiger partial charge is 0.507 e. The van der Waals surface area contributed by atoms with Gasteiger partial charge in [0.15, 0.2) is 5.72 Å². The number of nitrogens with two attached hydrogens (primary N) is 1. The summed E-state index contributed by atoms with van der Waals surface area (Å²) in [5, 5.41) is 20.4. The molecular formula is C24H26N4O5S. The Kier molecular flexibility index (Phi) is 6.63. The van der Waals surface area contributed by atoms with E-state index in [2.05, 4.69) is 5.32 Å². The molecule has 178 valence electrons. The van der Waals surface area contributed by atoms with E-state index in [0.717, 1.165) is 5.56 Å². The molecule has 5 N–H and O–H groups in total. The number of carbonyl (C=O) groups excluding carboxylic acids is 2. The lowest BCUT2D eigenvalue weighted by Crippen LogP contribution is -2.53. The van der Waals surface area contributed by atoms with Crippen LogP contribution < -0.4 is 11.1 Å². The minimum atomic E-state index is -1.54. The van der Waals surface area contributed by atoms with E-state index in [9.17, 15) is 19.5 Å². The number of carbonyl (C=O) groups is 3. The smallest absolute Gasteiger partial charge is 0.450 e. The highest BCUT2D eigenvalue weighted by atomic mass is 32.2. The van der Waals surface area contributed by atoms with Gasteiger partial charge in [0.2, 0.25) is 11.8 Å². The van der Waals surface area contributed by atoms with Crippen molar-refractivity contribution in [1.29, 1.82) is 5.41 Å². The molecule has 9 nitrogen and oxygen atoms in total. The van der Waals surface area contributed by atoms with Gasteiger partial charge in [-0.15, -0.1) is 0 Å². The van der Waals surface area contributed by atoms with Gasteiger partial charge in [-0.05, 0) is 23.1 Å². The van der Waals surface area contributed by atoms with Crippen molar-refractivity contribution in [3.05, 3.63) is 71.3 Å². The number of fused-ring (bicyclic) bond motifs is 1. The van der Waals surface area contributed by atoms with Gasteiger partial charge in [-0.3, -0.25) is 25.2 Å². The lowest BCUT2D eigenvalue weighted by molar-refractivity contribution is -0.145. The van der Waals surface area contributed by atoms with Crippen molar-refractivity contribution in [2.24, 2.45) is 17.6 Å². The van der Waals surface area contributed by atoms with Gasteiger partial charge in [0, 0.05) is 18.0 Å². The maximum absolute atomic E-state index is 13.6. The molecule has 2 aliphatic rings. The molecular weight excluding hydrogens is 456 g/mol. The van der Waals surface area contributed by atoms with Gasteiger partial charge in [0.25, 0.3) is 0 Å². The highest BCUT2D eigenvalue weighted by Gasteiger charge is 2.67. The summed E-state index contributed by atoms with van der Waals surface area (Å²) < 4.78 is 5.38. The van der Waals surface area contributed by atoms with Crippen LogP contribution in [0, 0.1) is 17.2 Å². The summed E-state index contributed by atoms with van der Waals surface area (Å²) in [7, 11) is 0. The number of nitrogens with one attached hydrogen (secondary N) is 2. The molecule has 2 aromatic carbocycles. The minimum Gasteiger partial charge on any atom is -0.450 e. The molecule has 2 aliphatic heterocycles. The molecule has 2 amide bonds. The fourth-order valence-corrected chi connectivity index (χ4v) is 5.39. The van der Waals surface area contributed by atoms with Crippen LogP contribution in [0.3, 0.4) is 0 Å². The lowest BCUT2D eigenvalue weighted by atomic mass is 9.84. The van der Waals surface area contributed by atoms with Crippen LogP contribution in [0.1, 0.15) is 29.2 Å². The molecule has 34 heavy (non-hydrogen) atoms. The lowest BCUT2D eigenvalue weighted by Gasteiger charge is -2.33. The number of thioether (sulfide) groups is 1. The molecule has 10 heteroatoms. The van der Waals surface area contributed by atoms with Crippen molar-refractivity contribution in [2.45, 2.75) is 24.7 Å². The molecule has 2 aromatic rings. The van der Waals surface area contributed by atoms with E-state index < -0.39 is 35.7 Å². The van der Waals surface area contributed by atoms with Crippen molar-refractivity contribution in [1.82, 2.24) is 10.2 Å². The SMILES string of the molecule is CSCCC1(OC(=O)O)NC(c2ccc(C(=N)N)cc2)C2C(=O)N(Cc3ccccc3)C(=O)C21. The summed E-state index contributed by atoms with van der Waals surface area (Å²) >= 11 is 1.50. The second kappa shape index (κ2) is 9.47. The predicted octanol–water partition coefficient (Wildman–Crippen LogP) is 2.56. The number of hydrogen-bond acceptors (Lipinski definition) is 7. The van der Waals surface area contributed by atoms with E-state index >= 15 is 0 Å². The van der Waals surface area contributed by atoms with Crippen molar-refractivity contribution >= 4 is 35.6 Å². The van der Waals surface area contributed by atoms with Gasteiger partial charge in [0.05, 0.1) is 12.5 Å². The van der Waals surface area contributed by atoms with Crippen LogP contribution in [-0.2, 0) is 20.9 Å². The first-order valence-electron chi connectivity index (χ1n) is 10.8. The van der Waals surface area contributed by atoms with Gasteiger partial charge in [0.1, 0.15) is 11.8 Å². The molecule has 2 fully saturated rings. The first-order valence-corrected chi connectivity index (χ1v) is 12.2. The highest BCUT2D eigenvalue weighted by Crippen LogP contribution is 2.51. The number of carboxylic acid groups (broad SMARTS) is 1. The molecule has 2 heterocycles. The number of rotatable bonds is 8. The molecule has 2 saturated heterocycles. The standard InChI is InChI=1S/C24H26N4O5S/c1-34-12-11-24(33-23(31)32)18-17(19(27-24)15-7-9-16(10-8-15)20(25)26)21(29)28(22(18)30)13-14-5-3-2-4-6-14/h2-10,17-19,27H,11-13H2,1H3,(H3,25,26)(H,31,32). The van der Waals surface area contributed by atoms with Crippen LogP contribution >= 0.6 is 11.8 Å². The van der Waals surface area contributed by atoms with Crippen LogP contribution in [0.25, 0.3) is 0 Å². The average molecular weight is 483 g/mol. The maximum Gasteiger partial charge on any atom is 0.507 e. The maximum atomic E-state index is 13.6. The minimum absolute atomic E-state index is 0.0894. The van der Waals surface area contributed by atoms with Crippen molar-refractivity contribution in [2.75, 3.05) is 12.0 Å². The molecule has 0 saturated carbocycles. The van der Waals surface area contributed by atoms with Crippen LogP contribution in [0.4, 0.5) is 4.79 Å². The zero-order valence-corrected chi connectivity index (χ0v) is 19.4.